The fourth-order valence-electron chi connectivity index (χ4n) is 2.79. The third kappa shape index (κ3) is 3.19. The van der Waals surface area contributed by atoms with Gasteiger partial charge in [-0.2, -0.15) is 10.2 Å². The highest BCUT2D eigenvalue weighted by molar-refractivity contribution is 6.16. The molecule has 7 heteroatoms. The van der Waals surface area contributed by atoms with Crippen LogP contribution in [0.1, 0.15) is 12.0 Å². The van der Waals surface area contributed by atoms with E-state index in [4.69, 9.17) is 0 Å². The van der Waals surface area contributed by atoms with Gasteiger partial charge in [-0.25, -0.2) is 8.78 Å². The maximum absolute atomic E-state index is 13.5. The van der Waals surface area contributed by atoms with Gasteiger partial charge in [-0.05, 0) is 41.5 Å². The Morgan fingerprint density at radius 2 is 1.69 bits per heavy atom. The van der Waals surface area contributed by atoms with Crippen LogP contribution in [0.4, 0.5) is 20.2 Å². The summed E-state index contributed by atoms with van der Waals surface area (Å²) in [7, 11) is 0. The number of carbonyl (C=O) groups is 1. The lowest BCUT2D eigenvalue weighted by atomic mass is 10.0. The summed E-state index contributed by atoms with van der Waals surface area (Å²) < 4.78 is 27.0. The van der Waals surface area contributed by atoms with E-state index in [0.717, 1.165) is 6.07 Å². The van der Waals surface area contributed by atoms with E-state index < -0.39 is 11.6 Å². The van der Waals surface area contributed by atoms with Crippen molar-refractivity contribution in [1.82, 2.24) is 10.2 Å². The minimum absolute atomic E-state index is 0.0876. The number of aromatic nitrogens is 2. The highest BCUT2D eigenvalue weighted by atomic mass is 19.1. The van der Waals surface area contributed by atoms with Gasteiger partial charge in [-0.1, -0.05) is 6.07 Å². The Morgan fingerprint density at radius 1 is 0.885 bits per heavy atom. The molecule has 0 saturated heterocycles. The molecule has 0 radical (unpaired) electrons. The Labute approximate surface area is 147 Å². The molecule has 5 nitrogen and oxygen atoms in total. The number of fused-ring (bicyclic) bond motifs is 1. The van der Waals surface area contributed by atoms with Gasteiger partial charge < -0.3 is 5.32 Å². The van der Waals surface area contributed by atoms with E-state index in [-0.39, 0.29) is 12.3 Å². The molecular weight excluding hydrogens is 338 g/mol. The first-order valence-electron chi connectivity index (χ1n) is 7.83. The van der Waals surface area contributed by atoms with Gasteiger partial charge in [0, 0.05) is 11.6 Å². The molecule has 1 aliphatic rings. The molecule has 0 unspecified atom stereocenters. The molecule has 4 rings (SSSR count). The summed E-state index contributed by atoms with van der Waals surface area (Å²) >= 11 is 0. The van der Waals surface area contributed by atoms with Crippen LogP contribution in [-0.2, 0) is 4.79 Å². The Balaban J connectivity index is 1.79. The normalized spacial score (nSPS) is 13.5. The zero-order valence-electron chi connectivity index (χ0n) is 13.4. The molecule has 2 heterocycles. The Kier molecular flexibility index (Phi) is 3.96. The van der Waals surface area contributed by atoms with Crippen LogP contribution in [0.2, 0.25) is 0 Å². The molecule has 1 aliphatic heterocycles. The van der Waals surface area contributed by atoms with Gasteiger partial charge in [0.15, 0.2) is 0 Å². The summed E-state index contributed by atoms with van der Waals surface area (Å²) in [5.74, 6) is -1.56. The van der Waals surface area contributed by atoms with Gasteiger partial charge in [-0.3, -0.25) is 9.79 Å². The van der Waals surface area contributed by atoms with Crippen LogP contribution in [0.3, 0.4) is 0 Å². The van der Waals surface area contributed by atoms with Crippen LogP contribution in [0, 0.1) is 11.6 Å². The molecule has 0 fully saturated rings. The minimum atomic E-state index is -0.663. The number of amides is 1. The number of hydrogen-bond acceptors (Lipinski definition) is 4. The first-order valence-corrected chi connectivity index (χ1v) is 7.83. The van der Waals surface area contributed by atoms with E-state index >= 15 is 0 Å². The van der Waals surface area contributed by atoms with Gasteiger partial charge in [0.05, 0.1) is 35.9 Å². The Hall–Kier alpha value is -3.48. The molecule has 0 saturated carbocycles. The van der Waals surface area contributed by atoms with Crippen molar-refractivity contribution in [3.05, 3.63) is 72.1 Å². The van der Waals surface area contributed by atoms with Gasteiger partial charge in [-0.15, -0.1) is 0 Å². The summed E-state index contributed by atoms with van der Waals surface area (Å²) in [4.78, 5) is 16.8. The quantitative estimate of drug-likeness (QED) is 0.762. The zero-order valence-corrected chi connectivity index (χ0v) is 13.4. The SMILES string of the molecule is O=C1CC(c2ccnnc2)=Nc2ccc(-c3cc(F)cc(F)c3)cc2N1. The van der Waals surface area contributed by atoms with E-state index in [1.54, 1.807) is 30.5 Å². The minimum Gasteiger partial charge on any atom is -0.324 e. The summed E-state index contributed by atoms with van der Waals surface area (Å²) in [5, 5.41) is 10.3. The maximum Gasteiger partial charge on any atom is 0.230 e. The summed E-state index contributed by atoms with van der Waals surface area (Å²) in [5.41, 5.74) is 3.27. The topological polar surface area (TPSA) is 67.2 Å². The number of nitrogens with zero attached hydrogens (tertiary/aromatic N) is 3. The van der Waals surface area contributed by atoms with Crippen LogP contribution >= 0.6 is 0 Å². The number of nitrogens with one attached hydrogen (secondary N) is 1. The highest BCUT2D eigenvalue weighted by Crippen LogP contribution is 2.34. The second-order valence-corrected chi connectivity index (χ2v) is 5.80. The van der Waals surface area contributed by atoms with Crippen LogP contribution in [-0.4, -0.2) is 21.8 Å². The van der Waals surface area contributed by atoms with Crippen molar-refractivity contribution in [2.75, 3.05) is 5.32 Å². The largest absolute Gasteiger partial charge is 0.324 e. The predicted octanol–water partition coefficient (Wildman–Crippen LogP) is 3.88. The third-order valence-corrected chi connectivity index (χ3v) is 3.97. The van der Waals surface area contributed by atoms with E-state index in [2.05, 4.69) is 20.5 Å². The number of rotatable bonds is 2. The molecule has 3 aromatic rings. The molecule has 128 valence electrons. The lowest BCUT2D eigenvalue weighted by Crippen LogP contribution is -2.15. The predicted molar refractivity (Wildman–Crippen MR) is 93.3 cm³/mol. The summed E-state index contributed by atoms with van der Waals surface area (Å²) in [6, 6.07) is 10.1. The van der Waals surface area contributed by atoms with Crippen molar-refractivity contribution < 1.29 is 13.6 Å². The number of hydrogen-bond donors (Lipinski definition) is 1. The number of halogens is 2. The Bertz CT molecular complexity index is 1010. The standard InChI is InChI=1S/C19H12F2N4O/c20-14-5-13(6-15(21)8-14)11-1-2-16-18(7-11)25-19(26)9-17(24-16)12-3-4-22-23-10-12/h1-8,10H,9H2,(H,25,26). The third-order valence-electron chi connectivity index (χ3n) is 3.97. The van der Waals surface area contributed by atoms with Crippen molar-refractivity contribution >= 4 is 23.0 Å². The van der Waals surface area contributed by atoms with E-state index in [9.17, 15) is 13.6 Å². The van der Waals surface area contributed by atoms with Crippen LogP contribution in [0.15, 0.2) is 59.9 Å². The van der Waals surface area contributed by atoms with E-state index in [0.29, 0.717) is 33.8 Å². The van der Waals surface area contributed by atoms with Crippen LogP contribution in [0.5, 0.6) is 0 Å². The number of aliphatic imine (C=N–C) groups is 1. The molecular formula is C19H12F2N4O. The molecule has 1 amide bonds. The average Bonchev–Trinajstić information content (AvgIpc) is 2.79. The van der Waals surface area contributed by atoms with Gasteiger partial charge in [0.1, 0.15) is 11.6 Å². The number of carbonyl (C=O) groups excluding carboxylic acids is 1. The van der Waals surface area contributed by atoms with Crippen molar-refractivity contribution in [2.24, 2.45) is 4.99 Å². The first kappa shape index (κ1) is 16.0. The summed E-state index contributed by atoms with van der Waals surface area (Å²) in [6.07, 6.45) is 3.16. The molecule has 0 bridgehead atoms. The lowest BCUT2D eigenvalue weighted by molar-refractivity contribution is -0.115. The smallest absolute Gasteiger partial charge is 0.230 e. The van der Waals surface area contributed by atoms with Crippen molar-refractivity contribution in [1.29, 1.82) is 0 Å². The second-order valence-electron chi connectivity index (χ2n) is 5.80. The van der Waals surface area contributed by atoms with Gasteiger partial charge in [0.2, 0.25) is 5.91 Å². The zero-order chi connectivity index (χ0) is 18.1. The summed E-state index contributed by atoms with van der Waals surface area (Å²) in [6.45, 7) is 0. The molecule has 0 aliphatic carbocycles. The lowest BCUT2D eigenvalue weighted by Gasteiger charge is -2.08. The molecule has 2 aromatic carbocycles. The number of anilines is 1. The maximum atomic E-state index is 13.5. The fraction of sp³-hybridized carbons (Fsp3) is 0.0526. The van der Waals surface area contributed by atoms with Gasteiger partial charge >= 0.3 is 0 Å². The molecule has 1 aromatic heterocycles. The van der Waals surface area contributed by atoms with Crippen LogP contribution in [0.25, 0.3) is 11.1 Å². The molecule has 0 atom stereocenters. The van der Waals surface area contributed by atoms with Gasteiger partial charge in [0.25, 0.3) is 0 Å². The highest BCUT2D eigenvalue weighted by Gasteiger charge is 2.18. The molecule has 1 N–H and O–H groups in total. The monoisotopic (exact) mass is 350 g/mol. The van der Waals surface area contributed by atoms with Crippen LogP contribution < -0.4 is 5.32 Å². The fourth-order valence-corrected chi connectivity index (χ4v) is 2.79. The van der Waals surface area contributed by atoms with E-state index in [1.165, 1.54) is 18.3 Å². The van der Waals surface area contributed by atoms with Crippen molar-refractivity contribution in [2.45, 2.75) is 6.42 Å². The van der Waals surface area contributed by atoms with Crippen molar-refractivity contribution in [3.8, 4) is 11.1 Å². The molecule has 26 heavy (non-hydrogen) atoms. The Morgan fingerprint density at radius 3 is 2.42 bits per heavy atom. The average molecular weight is 350 g/mol. The first-order chi connectivity index (χ1) is 12.6. The van der Waals surface area contributed by atoms with Crippen molar-refractivity contribution in [3.63, 3.8) is 0 Å². The second kappa shape index (κ2) is 6.44. The van der Waals surface area contributed by atoms with E-state index in [1.807, 2.05) is 0 Å². The number of benzene rings is 2. The molecule has 0 spiro atoms.